The van der Waals surface area contributed by atoms with Gasteiger partial charge in [-0.3, -0.25) is 4.21 Å². The molecule has 0 fully saturated rings. The molecule has 2 nitrogen and oxygen atoms in total. The Morgan fingerprint density at radius 1 is 2.00 bits per heavy atom. The van der Waals surface area contributed by atoms with Crippen molar-refractivity contribution in [1.29, 1.82) is 0 Å². The van der Waals surface area contributed by atoms with Gasteiger partial charge < -0.3 is 4.55 Å². The van der Waals surface area contributed by atoms with Crippen LogP contribution in [0.25, 0.3) is 0 Å². The molecule has 0 aromatic rings. The highest BCUT2D eigenvalue weighted by atomic mass is 32.2. The van der Waals surface area contributed by atoms with Gasteiger partial charge in [-0.1, -0.05) is 23.2 Å². The van der Waals surface area contributed by atoms with E-state index in [9.17, 15) is 8.76 Å². The summed E-state index contributed by atoms with van der Waals surface area (Å²) in [5.74, 6) is 0.0833. The van der Waals surface area contributed by atoms with Crippen LogP contribution in [0.15, 0.2) is 12.2 Å². The lowest BCUT2D eigenvalue weighted by Gasteiger charge is -2.00. The summed E-state index contributed by atoms with van der Waals surface area (Å²) >= 11 is -1.95. The van der Waals surface area contributed by atoms with E-state index in [1.165, 1.54) is 0 Å². The lowest BCUT2D eigenvalue weighted by Crippen LogP contribution is -1.93. The third kappa shape index (κ3) is 5.85. The maximum absolute atomic E-state index is 9.75. The Bertz CT molecular complexity index is 85.9. The van der Waals surface area contributed by atoms with Crippen LogP contribution in [0.4, 0.5) is 0 Å². The van der Waals surface area contributed by atoms with Crippen molar-refractivity contribution in [1.82, 2.24) is 0 Å². The van der Waals surface area contributed by atoms with Crippen LogP contribution >= 0.6 is 0 Å². The second kappa shape index (κ2) is 2.93. The Balaban J connectivity index is 3.32. The standard InChI is InChI=1S/C4H8O2S/c1-4(2)3-7(5)6/h1,3H2,2H3,(H,5,6)/p-1. The van der Waals surface area contributed by atoms with E-state index in [1.807, 2.05) is 0 Å². The average Bonchev–Trinajstić information content (AvgIpc) is 1.27. The van der Waals surface area contributed by atoms with E-state index in [4.69, 9.17) is 0 Å². The number of hydrogen-bond acceptors (Lipinski definition) is 2. The zero-order valence-corrected chi connectivity index (χ0v) is 4.96. The molecule has 0 aromatic carbocycles. The number of hydrogen-bond donors (Lipinski definition) is 0. The molecule has 0 aliphatic heterocycles. The third-order valence-corrected chi connectivity index (χ3v) is 1.09. The molecule has 0 aromatic heterocycles. The zero-order valence-electron chi connectivity index (χ0n) is 4.14. The first-order chi connectivity index (χ1) is 3.13. The first-order valence-electron chi connectivity index (χ1n) is 1.83. The highest BCUT2D eigenvalue weighted by Gasteiger charge is 1.80. The molecule has 0 N–H and O–H groups in total. The van der Waals surface area contributed by atoms with E-state index >= 15 is 0 Å². The summed E-state index contributed by atoms with van der Waals surface area (Å²) in [4.78, 5) is 0. The first kappa shape index (κ1) is 6.85. The molecular weight excluding hydrogens is 112 g/mol. The molecule has 0 aliphatic rings. The van der Waals surface area contributed by atoms with Crippen molar-refractivity contribution < 1.29 is 8.76 Å². The molecule has 0 spiro atoms. The van der Waals surface area contributed by atoms with Crippen LogP contribution in [0.1, 0.15) is 6.92 Å². The predicted octanol–water partition coefficient (Wildman–Crippen LogP) is 0.442. The molecule has 7 heavy (non-hydrogen) atoms. The fourth-order valence-electron chi connectivity index (χ4n) is 0.201. The van der Waals surface area contributed by atoms with Crippen LogP contribution in [-0.2, 0) is 11.1 Å². The van der Waals surface area contributed by atoms with Gasteiger partial charge in [0.1, 0.15) is 0 Å². The monoisotopic (exact) mass is 119 g/mol. The van der Waals surface area contributed by atoms with Crippen molar-refractivity contribution in [3.8, 4) is 0 Å². The second-order valence-corrected chi connectivity index (χ2v) is 2.30. The van der Waals surface area contributed by atoms with Crippen LogP contribution in [-0.4, -0.2) is 14.5 Å². The van der Waals surface area contributed by atoms with E-state index in [2.05, 4.69) is 6.58 Å². The normalized spacial score (nSPS) is 13.4. The molecule has 42 valence electrons. The average molecular weight is 119 g/mol. The topological polar surface area (TPSA) is 40.1 Å². The molecule has 0 saturated carbocycles. The van der Waals surface area contributed by atoms with E-state index in [-0.39, 0.29) is 5.75 Å². The molecule has 1 unspecified atom stereocenters. The van der Waals surface area contributed by atoms with E-state index in [0.29, 0.717) is 5.57 Å². The minimum absolute atomic E-state index is 0.0833. The molecule has 0 rings (SSSR count). The summed E-state index contributed by atoms with van der Waals surface area (Å²) in [5.41, 5.74) is 0.674. The smallest absolute Gasteiger partial charge is 0.0306 e. The molecule has 0 saturated heterocycles. The van der Waals surface area contributed by atoms with Crippen LogP contribution in [0.3, 0.4) is 0 Å². The largest absolute Gasteiger partial charge is 0.772 e. The molecule has 3 heteroatoms. The van der Waals surface area contributed by atoms with Crippen LogP contribution in [0, 0.1) is 0 Å². The van der Waals surface area contributed by atoms with E-state index in [1.54, 1.807) is 6.92 Å². The predicted molar refractivity (Wildman–Crippen MR) is 28.6 cm³/mol. The van der Waals surface area contributed by atoms with Gasteiger partial charge in [0, 0.05) is 5.75 Å². The SMILES string of the molecule is C=C(C)CS(=O)[O-]. The van der Waals surface area contributed by atoms with E-state index in [0.717, 1.165) is 0 Å². The van der Waals surface area contributed by atoms with Crippen LogP contribution in [0.2, 0.25) is 0 Å². The Kier molecular flexibility index (Phi) is 2.87. The highest BCUT2D eigenvalue weighted by Crippen LogP contribution is 1.86. The van der Waals surface area contributed by atoms with Crippen molar-refractivity contribution >= 4 is 11.1 Å². The number of rotatable bonds is 2. The molecular formula is C4H7O2S-. The molecule has 0 amide bonds. The van der Waals surface area contributed by atoms with Gasteiger partial charge in [-0.25, -0.2) is 0 Å². The summed E-state index contributed by atoms with van der Waals surface area (Å²) in [6.45, 7) is 5.08. The molecule has 1 atom stereocenters. The van der Waals surface area contributed by atoms with Crippen LogP contribution < -0.4 is 0 Å². The van der Waals surface area contributed by atoms with Gasteiger partial charge in [0.2, 0.25) is 0 Å². The maximum atomic E-state index is 9.75. The van der Waals surface area contributed by atoms with Gasteiger partial charge in [-0.2, -0.15) is 0 Å². The Morgan fingerprint density at radius 2 is 2.43 bits per heavy atom. The molecule has 0 radical (unpaired) electrons. The van der Waals surface area contributed by atoms with Crippen molar-refractivity contribution in [2.45, 2.75) is 6.92 Å². The summed E-state index contributed by atoms with van der Waals surface area (Å²) in [6, 6.07) is 0. The quantitative estimate of drug-likeness (QED) is 0.391. The fraction of sp³-hybridized carbons (Fsp3) is 0.500. The first-order valence-corrected chi connectivity index (χ1v) is 3.07. The summed E-state index contributed by atoms with van der Waals surface area (Å²) in [7, 11) is 0. The summed E-state index contributed by atoms with van der Waals surface area (Å²) in [6.07, 6.45) is 0. The van der Waals surface area contributed by atoms with Gasteiger partial charge in [0.25, 0.3) is 0 Å². The maximum Gasteiger partial charge on any atom is 0.0306 e. The summed E-state index contributed by atoms with van der Waals surface area (Å²) in [5, 5.41) is 0. The highest BCUT2D eigenvalue weighted by molar-refractivity contribution is 7.79. The second-order valence-electron chi connectivity index (χ2n) is 1.41. The molecule has 0 aliphatic carbocycles. The Morgan fingerprint density at radius 3 is 2.43 bits per heavy atom. The van der Waals surface area contributed by atoms with Gasteiger partial charge in [-0.15, -0.1) is 0 Å². The van der Waals surface area contributed by atoms with Crippen LogP contribution in [0.5, 0.6) is 0 Å². The molecule has 0 bridgehead atoms. The zero-order chi connectivity index (χ0) is 5.86. The Labute approximate surface area is 45.5 Å². The minimum atomic E-state index is -1.95. The lowest BCUT2D eigenvalue weighted by molar-refractivity contribution is 0.539. The lowest BCUT2D eigenvalue weighted by atomic mass is 10.4. The molecule has 0 heterocycles. The van der Waals surface area contributed by atoms with Gasteiger partial charge in [-0.05, 0) is 6.92 Å². The van der Waals surface area contributed by atoms with Crippen molar-refractivity contribution in [2.75, 3.05) is 5.75 Å². The van der Waals surface area contributed by atoms with Crippen molar-refractivity contribution in [2.24, 2.45) is 0 Å². The summed E-state index contributed by atoms with van der Waals surface area (Å²) < 4.78 is 19.5. The minimum Gasteiger partial charge on any atom is -0.772 e. The third-order valence-electron chi connectivity index (χ3n) is 0.364. The van der Waals surface area contributed by atoms with E-state index < -0.39 is 11.1 Å². The van der Waals surface area contributed by atoms with Gasteiger partial charge >= 0.3 is 0 Å². The van der Waals surface area contributed by atoms with Gasteiger partial charge in [0.05, 0.1) is 0 Å². The van der Waals surface area contributed by atoms with Crippen molar-refractivity contribution in [3.63, 3.8) is 0 Å². The fourth-order valence-corrected chi connectivity index (χ4v) is 0.604. The Hall–Kier alpha value is -0.150. The van der Waals surface area contributed by atoms with Crippen molar-refractivity contribution in [3.05, 3.63) is 12.2 Å². The van der Waals surface area contributed by atoms with Gasteiger partial charge in [0.15, 0.2) is 0 Å².